The van der Waals surface area contributed by atoms with E-state index in [4.69, 9.17) is 4.98 Å². The number of para-hydroxylation sites is 2. The van der Waals surface area contributed by atoms with Gasteiger partial charge in [-0.2, -0.15) is 0 Å². The minimum absolute atomic E-state index is 0.0277. The molecule has 5 aliphatic rings. The highest BCUT2D eigenvalue weighted by atomic mass is 16.2. The Morgan fingerprint density at radius 3 is 2.41 bits per heavy atom. The number of rotatable bonds is 4. The zero-order valence-electron chi connectivity index (χ0n) is 19.2. The summed E-state index contributed by atoms with van der Waals surface area (Å²) in [7, 11) is 1.99. The molecule has 2 heterocycles. The van der Waals surface area contributed by atoms with Crippen molar-refractivity contribution < 1.29 is 9.59 Å². The van der Waals surface area contributed by atoms with Gasteiger partial charge in [-0.3, -0.25) is 9.59 Å². The fraction of sp³-hybridized carbons (Fsp3) is 0.654. The Hall–Kier alpha value is -2.37. The van der Waals surface area contributed by atoms with Gasteiger partial charge in [-0.05, 0) is 88.2 Å². The van der Waals surface area contributed by atoms with E-state index in [1.165, 1.54) is 19.3 Å². The Balaban J connectivity index is 1.19. The normalized spacial score (nSPS) is 34.2. The van der Waals surface area contributed by atoms with Crippen LogP contribution in [0.1, 0.15) is 70.2 Å². The second kappa shape index (κ2) is 7.32. The predicted molar refractivity (Wildman–Crippen MR) is 123 cm³/mol. The predicted octanol–water partition coefficient (Wildman–Crippen LogP) is 3.96. The van der Waals surface area contributed by atoms with E-state index in [-0.39, 0.29) is 29.3 Å². The molecule has 2 amide bonds. The number of hydrogen-bond donors (Lipinski definition) is 1. The molecule has 2 atom stereocenters. The van der Waals surface area contributed by atoms with Gasteiger partial charge in [0.15, 0.2) is 0 Å². The highest BCUT2D eigenvalue weighted by Crippen LogP contribution is 2.60. The molecule has 1 aliphatic heterocycles. The smallest absolute Gasteiger partial charge is 0.243 e. The molecule has 0 spiro atoms. The van der Waals surface area contributed by atoms with E-state index in [0.29, 0.717) is 0 Å². The first-order chi connectivity index (χ1) is 15.4. The summed E-state index contributed by atoms with van der Waals surface area (Å²) in [6, 6.07) is 7.47. The maximum atomic E-state index is 13.9. The van der Waals surface area contributed by atoms with Crippen molar-refractivity contribution in [2.24, 2.45) is 30.2 Å². The van der Waals surface area contributed by atoms with Crippen LogP contribution in [-0.2, 0) is 16.6 Å². The first-order valence-corrected chi connectivity index (χ1v) is 12.5. The highest BCUT2D eigenvalue weighted by Gasteiger charge is 2.56. The minimum atomic E-state index is -0.340. The van der Waals surface area contributed by atoms with E-state index >= 15 is 0 Å². The van der Waals surface area contributed by atoms with Gasteiger partial charge in [0.05, 0.1) is 22.5 Å². The number of nitrogens with zero attached hydrogens (tertiary/aromatic N) is 3. The summed E-state index contributed by atoms with van der Waals surface area (Å²) in [6.45, 7) is 2.71. The lowest BCUT2D eigenvalue weighted by Gasteiger charge is -2.56. The van der Waals surface area contributed by atoms with Gasteiger partial charge in [0.2, 0.25) is 11.8 Å². The molecule has 6 nitrogen and oxygen atoms in total. The second-order valence-electron chi connectivity index (χ2n) is 11.1. The van der Waals surface area contributed by atoms with E-state index < -0.39 is 0 Å². The van der Waals surface area contributed by atoms with Crippen LogP contribution in [0.3, 0.4) is 0 Å². The molecule has 1 saturated heterocycles. The maximum Gasteiger partial charge on any atom is 0.243 e. The van der Waals surface area contributed by atoms with Gasteiger partial charge in [0.25, 0.3) is 0 Å². The number of benzene rings is 1. The Labute approximate surface area is 189 Å². The van der Waals surface area contributed by atoms with Gasteiger partial charge in [-0.25, -0.2) is 4.98 Å². The Kier molecular flexibility index (Phi) is 4.63. The van der Waals surface area contributed by atoms with Gasteiger partial charge < -0.3 is 14.8 Å². The summed E-state index contributed by atoms with van der Waals surface area (Å²) >= 11 is 0. The zero-order valence-corrected chi connectivity index (χ0v) is 19.2. The maximum absolute atomic E-state index is 13.9. The molecule has 4 aliphatic carbocycles. The molecule has 4 bridgehead atoms. The van der Waals surface area contributed by atoms with E-state index in [2.05, 4.69) is 5.32 Å². The Morgan fingerprint density at radius 1 is 1.09 bits per heavy atom. The van der Waals surface area contributed by atoms with E-state index in [9.17, 15) is 9.59 Å². The summed E-state index contributed by atoms with van der Waals surface area (Å²) in [5, 5.41) is 3.18. The third-order valence-corrected chi connectivity index (χ3v) is 8.88. The van der Waals surface area contributed by atoms with Crippen molar-refractivity contribution in [1.29, 1.82) is 0 Å². The van der Waals surface area contributed by atoms with Gasteiger partial charge in [-0.15, -0.1) is 0 Å². The monoisotopic (exact) mass is 434 g/mol. The molecule has 32 heavy (non-hydrogen) atoms. The lowest BCUT2D eigenvalue weighted by atomic mass is 9.49. The molecule has 170 valence electrons. The summed E-state index contributed by atoms with van der Waals surface area (Å²) in [5.74, 6) is 3.30. The lowest BCUT2D eigenvalue weighted by molar-refractivity contribution is -0.160. The van der Waals surface area contributed by atoms with Crippen LogP contribution in [0, 0.1) is 23.2 Å². The van der Waals surface area contributed by atoms with Crippen molar-refractivity contribution in [1.82, 2.24) is 19.8 Å². The standard InChI is InChI=1S/C26H34N4O2/c1-16(23-28-20-6-3-4-7-21(20)29(23)2)27-24(31)22-8-5-9-30(22)25(32)26-13-17-10-18(14-26)12-19(11-17)15-26/h3-4,6-7,16-19,22H,5,8-15H2,1-2H3,(H,27,31). The molecule has 6 heteroatoms. The third-order valence-electron chi connectivity index (χ3n) is 8.88. The quantitative estimate of drug-likeness (QED) is 0.792. The largest absolute Gasteiger partial charge is 0.345 e. The molecule has 1 N–H and O–H groups in total. The minimum Gasteiger partial charge on any atom is -0.345 e. The van der Waals surface area contributed by atoms with Crippen molar-refractivity contribution in [3.8, 4) is 0 Å². The van der Waals surface area contributed by atoms with Crippen molar-refractivity contribution in [2.75, 3.05) is 6.54 Å². The van der Waals surface area contributed by atoms with E-state index in [1.54, 1.807) is 0 Å². The van der Waals surface area contributed by atoms with Crippen LogP contribution in [0.2, 0.25) is 0 Å². The van der Waals surface area contributed by atoms with Gasteiger partial charge in [0.1, 0.15) is 11.9 Å². The van der Waals surface area contributed by atoms with Crippen molar-refractivity contribution >= 4 is 22.8 Å². The van der Waals surface area contributed by atoms with Crippen LogP contribution in [0.25, 0.3) is 11.0 Å². The number of likely N-dealkylation sites (tertiary alicyclic amines) is 1. The first kappa shape index (κ1) is 20.3. The van der Waals surface area contributed by atoms with Crippen molar-refractivity contribution in [3.05, 3.63) is 30.1 Å². The molecule has 1 aromatic carbocycles. The summed E-state index contributed by atoms with van der Waals surface area (Å²) in [5.41, 5.74) is 1.81. The van der Waals surface area contributed by atoms with Crippen molar-refractivity contribution in [3.63, 3.8) is 0 Å². The highest BCUT2D eigenvalue weighted by molar-refractivity contribution is 5.91. The van der Waals surface area contributed by atoms with Crippen LogP contribution < -0.4 is 5.32 Å². The van der Waals surface area contributed by atoms with Crippen LogP contribution in [0.15, 0.2) is 24.3 Å². The number of carbonyl (C=O) groups is 2. The van der Waals surface area contributed by atoms with Crippen LogP contribution in [0.5, 0.6) is 0 Å². The van der Waals surface area contributed by atoms with E-state index in [0.717, 1.165) is 73.3 Å². The molecule has 0 radical (unpaired) electrons. The number of imidazole rings is 1. The molecule has 2 aromatic rings. The SMILES string of the molecule is CC(NC(=O)C1CCCN1C(=O)C12CC3CC(CC(C3)C1)C2)c1nc2ccccc2n1C. The number of amides is 2. The number of carbonyl (C=O) groups excluding carboxylic acids is 2. The van der Waals surface area contributed by atoms with Gasteiger partial charge in [-0.1, -0.05) is 12.1 Å². The average Bonchev–Trinajstić information content (AvgIpc) is 3.38. The Bertz CT molecular complexity index is 1040. The molecule has 5 fully saturated rings. The van der Waals surface area contributed by atoms with Crippen LogP contribution in [0.4, 0.5) is 0 Å². The third kappa shape index (κ3) is 3.09. The molecular weight excluding hydrogens is 400 g/mol. The zero-order chi connectivity index (χ0) is 22.0. The average molecular weight is 435 g/mol. The molecule has 4 saturated carbocycles. The summed E-state index contributed by atoms with van der Waals surface area (Å²) < 4.78 is 2.05. The molecule has 2 unspecified atom stereocenters. The Morgan fingerprint density at radius 2 is 1.75 bits per heavy atom. The first-order valence-electron chi connectivity index (χ1n) is 12.5. The van der Waals surface area contributed by atoms with Gasteiger partial charge in [0, 0.05) is 13.6 Å². The van der Waals surface area contributed by atoms with Crippen LogP contribution in [-0.4, -0.2) is 38.9 Å². The molecule has 1 aromatic heterocycles. The second-order valence-corrected chi connectivity index (χ2v) is 11.1. The number of nitrogens with one attached hydrogen (secondary N) is 1. The van der Waals surface area contributed by atoms with E-state index in [1.807, 2.05) is 47.7 Å². The lowest BCUT2D eigenvalue weighted by Crippen LogP contribution is -2.57. The number of hydrogen-bond acceptors (Lipinski definition) is 3. The van der Waals surface area contributed by atoms with Crippen LogP contribution >= 0.6 is 0 Å². The summed E-state index contributed by atoms with van der Waals surface area (Å²) in [6.07, 6.45) is 8.82. The van der Waals surface area contributed by atoms with Crippen molar-refractivity contribution in [2.45, 2.75) is 70.4 Å². The molecular formula is C26H34N4O2. The topological polar surface area (TPSA) is 67.2 Å². The fourth-order valence-electron chi connectivity index (χ4n) is 7.89. The molecule has 7 rings (SSSR count). The number of fused-ring (bicyclic) bond motifs is 1. The fourth-order valence-corrected chi connectivity index (χ4v) is 7.89. The summed E-state index contributed by atoms with van der Waals surface area (Å²) in [4.78, 5) is 33.9. The van der Waals surface area contributed by atoms with Gasteiger partial charge >= 0.3 is 0 Å². The number of aryl methyl sites for hydroxylation is 1. The number of aromatic nitrogens is 2.